The highest BCUT2D eigenvalue weighted by Gasteiger charge is 2.34. The van der Waals surface area contributed by atoms with Crippen molar-refractivity contribution in [3.8, 4) is 5.75 Å². The van der Waals surface area contributed by atoms with Crippen molar-refractivity contribution in [1.82, 2.24) is 9.58 Å². The molecule has 1 aliphatic rings. The van der Waals surface area contributed by atoms with Gasteiger partial charge in [-0.25, -0.2) is 9.18 Å². The Bertz CT molecular complexity index is 1550. The minimum Gasteiger partial charge on any atom is -0.502 e. The summed E-state index contributed by atoms with van der Waals surface area (Å²) in [6.45, 7) is 0.324. The molecule has 1 aliphatic heterocycles. The Balaban J connectivity index is 1.61. The first-order chi connectivity index (χ1) is 16.7. The van der Waals surface area contributed by atoms with Gasteiger partial charge >= 0.3 is 5.97 Å². The van der Waals surface area contributed by atoms with Crippen LogP contribution in [0.3, 0.4) is 0 Å². The van der Waals surface area contributed by atoms with Crippen LogP contribution in [0.2, 0.25) is 5.02 Å². The fourth-order valence-electron chi connectivity index (χ4n) is 4.07. The smallest absolute Gasteiger partial charge is 0.341 e. The number of carboxylic acid groups (broad SMARTS) is 1. The van der Waals surface area contributed by atoms with Crippen LogP contribution in [0.4, 0.5) is 4.39 Å². The van der Waals surface area contributed by atoms with Gasteiger partial charge in [-0.3, -0.25) is 19.3 Å². The number of benzene rings is 2. The summed E-state index contributed by atoms with van der Waals surface area (Å²) < 4.78 is 15.6. The third-order valence-electron chi connectivity index (χ3n) is 5.78. The number of amides is 1. The first-order valence-electron chi connectivity index (χ1n) is 10.4. The van der Waals surface area contributed by atoms with E-state index < -0.39 is 34.4 Å². The summed E-state index contributed by atoms with van der Waals surface area (Å²) in [5.74, 6) is -3.54. The number of nitrogens with zero attached hydrogens (tertiary/aromatic N) is 3. The van der Waals surface area contributed by atoms with Crippen LogP contribution in [0.5, 0.6) is 5.75 Å². The van der Waals surface area contributed by atoms with E-state index in [1.165, 1.54) is 45.2 Å². The quantitative estimate of drug-likeness (QED) is 0.418. The van der Waals surface area contributed by atoms with E-state index in [1.54, 1.807) is 11.1 Å². The van der Waals surface area contributed by atoms with E-state index in [4.69, 9.17) is 11.6 Å². The highest BCUT2D eigenvalue weighted by atomic mass is 35.5. The molecule has 0 aliphatic carbocycles. The Morgan fingerprint density at radius 2 is 1.86 bits per heavy atom. The van der Waals surface area contributed by atoms with E-state index in [0.29, 0.717) is 10.6 Å². The van der Waals surface area contributed by atoms with Gasteiger partial charge in [0.2, 0.25) is 5.43 Å². The number of carbonyl (C=O) groups is 2. The maximum Gasteiger partial charge on any atom is 0.341 e. The Morgan fingerprint density at radius 3 is 2.57 bits per heavy atom. The van der Waals surface area contributed by atoms with Gasteiger partial charge in [0.15, 0.2) is 11.4 Å². The molecule has 2 aromatic carbocycles. The zero-order valence-corrected chi connectivity index (χ0v) is 19.5. The molecule has 2 aromatic heterocycles. The zero-order valence-electron chi connectivity index (χ0n) is 17.9. The predicted molar refractivity (Wildman–Crippen MR) is 129 cm³/mol. The van der Waals surface area contributed by atoms with Gasteiger partial charge < -0.3 is 15.1 Å². The molecule has 178 valence electrons. The van der Waals surface area contributed by atoms with E-state index in [9.17, 15) is 29.0 Å². The molecule has 0 saturated heterocycles. The number of pyridine rings is 1. The van der Waals surface area contributed by atoms with Crippen LogP contribution in [0.25, 0.3) is 10.1 Å². The largest absolute Gasteiger partial charge is 0.502 e. The van der Waals surface area contributed by atoms with Gasteiger partial charge in [-0.05, 0) is 52.2 Å². The fraction of sp³-hybridized carbons (Fsp3) is 0.125. The molecule has 0 saturated carbocycles. The lowest BCUT2D eigenvalue weighted by molar-refractivity contribution is 0.0654. The number of fused-ring (bicyclic) bond motifs is 2. The summed E-state index contributed by atoms with van der Waals surface area (Å²) in [7, 11) is 0. The Morgan fingerprint density at radius 1 is 1.11 bits per heavy atom. The molecule has 5 rings (SSSR count). The number of hydrogen-bond donors (Lipinski definition) is 2. The summed E-state index contributed by atoms with van der Waals surface area (Å²) in [5.41, 5.74) is -0.636. The number of aromatic nitrogens is 1. The Labute approximate surface area is 206 Å². The van der Waals surface area contributed by atoms with Gasteiger partial charge in [0.25, 0.3) is 5.91 Å². The van der Waals surface area contributed by atoms with Gasteiger partial charge in [0.05, 0.1) is 6.54 Å². The SMILES string of the molecule is O=C(O)c1cn2c(c(O)c1=O)C(=O)N(Cc1ccc(F)cc1)CN2Cc1csc2ccc(Cl)cc12. The van der Waals surface area contributed by atoms with Crippen molar-refractivity contribution in [3.05, 3.63) is 97.5 Å². The summed E-state index contributed by atoms with van der Waals surface area (Å²) in [4.78, 5) is 38.8. The van der Waals surface area contributed by atoms with Crippen LogP contribution in [0, 0.1) is 5.82 Å². The van der Waals surface area contributed by atoms with Gasteiger partial charge in [-0.15, -0.1) is 11.3 Å². The molecule has 1 amide bonds. The topological polar surface area (TPSA) is 103 Å². The summed E-state index contributed by atoms with van der Waals surface area (Å²) in [5, 5.41) is 25.1. The zero-order chi connectivity index (χ0) is 24.9. The van der Waals surface area contributed by atoms with Crippen molar-refractivity contribution in [1.29, 1.82) is 0 Å². The second kappa shape index (κ2) is 8.71. The van der Waals surface area contributed by atoms with E-state index in [2.05, 4.69) is 0 Å². The molecule has 35 heavy (non-hydrogen) atoms. The van der Waals surface area contributed by atoms with Crippen LogP contribution in [-0.4, -0.2) is 38.3 Å². The van der Waals surface area contributed by atoms with Crippen molar-refractivity contribution in [2.45, 2.75) is 13.1 Å². The molecule has 0 atom stereocenters. The van der Waals surface area contributed by atoms with E-state index >= 15 is 0 Å². The molecule has 2 N–H and O–H groups in total. The van der Waals surface area contributed by atoms with Crippen molar-refractivity contribution in [2.75, 3.05) is 11.7 Å². The number of thiophene rings is 1. The first-order valence-corrected chi connectivity index (χ1v) is 11.6. The highest BCUT2D eigenvalue weighted by molar-refractivity contribution is 7.17. The number of halogens is 2. The maximum absolute atomic E-state index is 13.4. The average molecular weight is 514 g/mol. The number of carbonyl (C=O) groups excluding carboxylic acids is 1. The van der Waals surface area contributed by atoms with Gasteiger partial charge in [-0.1, -0.05) is 23.7 Å². The van der Waals surface area contributed by atoms with Crippen molar-refractivity contribution < 1.29 is 24.2 Å². The number of aromatic carboxylic acids is 1. The summed E-state index contributed by atoms with van der Waals surface area (Å²) in [6.07, 6.45) is 1.05. The Hall–Kier alpha value is -3.89. The van der Waals surface area contributed by atoms with E-state index in [1.807, 2.05) is 17.5 Å². The van der Waals surface area contributed by atoms with Crippen LogP contribution >= 0.6 is 22.9 Å². The third kappa shape index (κ3) is 4.11. The third-order valence-corrected chi connectivity index (χ3v) is 7.03. The molecule has 8 nitrogen and oxygen atoms in total. The van der Waals surface area contributed by atoms with Crippen LogP contribution < -0.4 is 10.4 Å². The normalized spacial score (nSPS) is 13.4. The molecule has 11 heteroatoms. The molecular weight excluding hydrogens is 497 g/mol. The minimum atomic E-state index is -1.52. The molecule has 0 bridgehead atoms. The molecule has 0 spiro atoms. The lowest BCUT2D eigenvalue weighted by Crippen LogP contribution is -2.53. The number of hydrogen-bond acceptors (Lipinski definition) is 6. The van der Waals surface area contributed by atoms with Crippen molar-refractivity contribution in [3.63, 3.8) is 0 Å². The van der Waals surface area contributed by atoms with Crippen LogP contribution in [-0.2, 0) is 13.1 Å². The lowest BCUT2D eigenvalue weighted by Gasteiger charge is -2.39. The highest BCUT2D eigenvalue weighted by Crippen LogP contribution is 2.31. The Kier molecular flexibility index (Phi) is 5.70. The number of carboxylic acids is 1. The van der Waals surface area contributed by atoms with Crippen molar-refractivity contribution in [2.24, 2.45) is 0 Å². The molecule has 0 radical (unpaired) electrons. The fourth-order valence-corrected chi connectivity index (χ4v) is 5.18. The molecule has 0 fully saturated rings. The predicted octanol–water partition coefficient (Wildman–Crippen LogP) is 4.01. The molecule has 3 heterocycles. The molecular formula is C24H17ClFN3O5S. The van der Waals surface area contributed by atoms with Crippen LogP contribution in [0.15, 0.2) is 58.8 Å². The standard InChI is InChI=1S/C24H17ClFN3O5S/c25-15-3-6-19-17(7-15)14(11-35-19)9-28-12-27(8-13-1-4-16(26)5-2-13)23(32)20-22(31)21(30)18(24(33)34)10-29(20)28/h1-7,10-11,31H,8-9,12H2,(H,33,34). The lowest BCUT2D eigenvalue weighted by atomic mass is 10.1. The molecule has 4 aromatic rings. The van der Waals surface area contributed by atoms with Gasteiger partial charge in [0.1, 0.15) is 18.0 Å². The molecule has 0 unspecified atom stereocenters. The van der Waals surface area contributed by atoms with E-state index in [-0.39, 0.29) is 25.5 Å². The van der Waals surface area contributed by atoms with Gasteiger partial charge in [-0.2, -0.15) is 0 Å². The maximum atomic E-state index is 13.4. The second-order valence-electron chi connectivity index (χ2n) is 8.06. The summed E-state index contributed by atoms with van der Waals surface area (Å²) in [6, 6.07) is 11.1. The summed E-state index contributed by atoms with van der Waals surface area (Å²) >= 11 is 7.69. The van der Waals surface area contributed by atoms with Gasteiger partial charge in [0, 0.05) is 22.5 Å². The number of aromatic hydroxyl groups is 1. The average Bonchev–Trinajstić information content (AvgIpc) is 3.21. The minimum absolute atomic E-state index is 0.0164. The van der Waals surface area contributed by atoms with Crippen LogP contribution in [0.1, 0.15) is 32.0 Å². The second-order valence-corrected chi connectivity index (χ2v) is 9.40. The van der Waals surface area contributed by atoms with Crippen molar-refractivity contribution >= 4 is 44.9 Å². The first kappa shape index (κ1) is 22.9. The number of rotatable bonds is 5. The monoisotopic (exact) mass is 513 g/mol. The van der Waals surface area contributed by atoms with E-state index in [0.717, 1.165) is 21.8 Å².